The number of benzene rings is 1. The Morgan fingerprint density at radius 1 is 1.06 bits per heavy atom. The van der Waals surface area contributed by atoms with Gasteiger partial charge in [0, 0.05) is 5.69 Å². The van der Waals surface area contributed by atoms with Crippen LogP contribution in [0.4, 0.5) is 5.69 Å². The van der Waals surface area contributed by atoms with Crippen LogP contribution in [-0.4, -0.2) is 0 Å². The van der Waals surface area contributed by atoms with Crippen LogP contribution in [0.1, 0.15) is 11.1 Å². The molecule has 17 heavy (non-hydrogen) atoms. The molecule has 0 bridgehead atoms. The number of hydrogen-bond donors (Lipinski definition) is 1. The normalized spacial score (nSPS) is 8.41. The zero-order chi connectivity index (χ0) is 12.8. The molecule has 0 atom stereocenters. The molecule has 1 N–H and O–H groups in total. The molecule has 1 aromatic rings. The molecule has 0 heterocycles. The summed E-state index contributed by atoms with van der Waals surface area (Å²) in [7, 11) is 0. The number of nitrogens with one attached hydrogen (secondary N) is 1. The highest BCUT2D eigenvalue weighted by atomic mass is 14.9. The van der Waals surface area contributed by atoms with Crippen molar-refractivity contribution in [2.45, 2.75) is 13.8 Å². The Kier molecular flexibility index (Phi) is 3.87. The van der Waals surface area contributed by atoms with Crippen molar-refractivity contribution in [3.63, 3.8) is 0 Å². The van der Waals surface area contributed by atoms with E-state index in [4.69, 9.17) is 15.8 Å². The van der Waals surface area contributed by atoms with Gasteiger partial charge in [-0.05, 0) is 31.0 Å². The van der Waals surface area contributed by atoms with Crippen LogP contribution >= 0.6 is 0 Å². The first kappa shape index (κ1) is 12.3. The number of allylic oxidation sites excluding steroid dienone is 2. The molecular formula is C13H10N4. The average molecular weight is 222 g/mol. The van der Waals surface area contributed by atoms with Gasteiger partial charge in [-0.3, -0.25) is 0 Å². The first-order chi connectivity index (χ1) is 8.13. The van der Waals surface area contributed by atoms with E-state index in [1.165, 1.54) is 0 Å². The van der Waals surface area contributed by atoms with Gasteiger partial charge in [0.05, 0.1) is 0 Å². The Morgan fingerprint density at radius 3 is 2.24 bits per heavy atom. The van der Waals surface area contributed by atoms with E-state index in [1.807, 2.05) is 32.0 Å². The van der Waals surface area contributed by atoms with Crippen LogP contribution in [0, 0.1) is 47.8 Å². The van der Waals surface area contributed by atoms with Gasteiger partial charge in [0.1, 0.15) is 23.9 Å². The zero-order valence-corrected chi connectivity index (χ0v) is 9.57. The van der Waals surface area contributed by atoms with Crippen molar-refractivity contribution in [1.29, 1.82) is 15.8 Å². The fourth-order valence-electron chi connectivity index (χ4n) is 1.30. The minimum atomic E-state index is -0.214. The summed E-state index contributed by atoms with van der Waals surface area (Å²) in [4.78, 5) is 0. The van der Waals surface area contributed by atoms with Gasteiger partial charge < -0.3 is 5.32 Å². The highest BCUT2D eigenvalue weighted by Crippen LogP contribution is 2.20. The quantitative estimate of drug-likeness (QED) is 0.779. The lowest BCUT2D eigenvalue weighted by Crippen LogP contribution is -2.02. The van der Waals surface area contributed by atoms with Gasteiger partial charge in [-0.1, -0.05) is 12.1 Å². The summed E-state index contributed by atoms with van der Waals surface area (Å²) in [5, 5.41) is 29.1. The molecule has 0 aromatic heterocycles. The molecular weight excluding hydrogens is 212 g/mol. The topological polar surface area (TPSA) is 83.4 Å². The fourth-order valence-corrected chi connectivity index (χ4v) is 1.30. The Morgan fingerprint density at radius 2 is 1.71 bits per heavy atom. The van der Waals surface area contributed by atoms with Gasteiger partial charge in [0.15, 0.2) is 5.57 Å². The number of anilines is 1. The van der Waals surface area contributed by atoms with Crippen molar-refractivity contribution in [1.82, 2.24) is 0 Å². The first-order valence-electron chi connectivity index (χ1n) is 4.91. The van der Waals surface area contributed by atoms with Gasteiger partial charge in [-0.15, -0.1) is 0 Å². The predicted molar refractivity (Wildman–Crippen MR) is 63.4 cm³/mol. The van der Waals surface area contributed by atoms with E-state index in [0.717, 1.165) is 16.8 Å². The third-order valence-electron chi connectivity index (χ3n) is 2.45. The third kappa shape index (κ3) is 2.62. The molecule has 1 rings (SSSR count). The van der Waals surface area contributed by atoms with E-state index in [2.05, 4.69) is 5.32 Å². The largest absolute Gasteiger partial charge is 0.345 e. The second-order valence-corrected chi connectivity index (χ2v) is 3.46. The number of hydrogen-bond acceptors (Lipinski definition) is 4. The van der Waals surface area contributed by atoms with Crippen LogP contribution in [0.2, 0.25) is 0 Å². The lowest BCUT2D eigenvalue weighted by atomic mass is 10.1. The van der Waals surface area contributed by atoms with Gasteiger partial charge in [0.2, 0.25) is 0 Å². The molecule has 0 aliphatic carbocycles. The van der Waals surface area contributed by atoms with Crippen LogP contribution in [0.3, 0.4) is 0 Å². The number of nitrogens with zero attached hydrogens (tertiary/aromatic N) is 3. The van der Waals surface area contributed by atoms with E-state index in [-0.39, 0.29) is 11.3 Å². The minimum absolute atomic E-state index is 0.0244. The van der Waals surface area contributed by atoms with Crippen molar-refractivity contribution in [3.8, 4) is 18.2 Å². The minimum Gasteiger partial charge on any atom is -0.345 e. The summed E-state index contributed by atoms with van der Waals surface area (Å²) in [5.74, 6) is 0. The second-order valence-electron chi connectivity index (χ2n) is 3.46. The predicted octanol–water partition coefficient (Wildman–Crippen LogP) is 2.54. The molecule has 4 heteroatoms. The molecule has 1 aromatic carbocycles. The molecule has 0 amide bonds. The van der Waals surface area contributed by atoms with Gasteiger partial charge in [-0.25, -0.2) is 0 Å². The van der Waals surface area contributed by atoms with E-state index >= 15 is 0 Å². The molecule has 0 saturated heterocycles. The number of aryl methyl sites for hydroxylation is 1. The monoisotopic (exact) mass is 222 g/mol. The molecule has 0 unspecified atom stereocenters. The summed E-state index contributed by atoms with van der Waals surface area (Å²) >= 11 is 0. The van der Waals surface area contributed by atoms with Gasteiger partial charge in [0.25, 0.3) is 0 Å². The van der Waals surface area contributed by atoms with E-state index < -0.39 is 0 Å². The van der Waals surface area contributed by atoms with E-state index in [0.29, 0.717) is 0 Å². The molecule has 0 aliphatic heterocycles. The van der Waals surface area contributed by atoms with Crippen LogP contribution < -0.4 is 5.32 Å². The Hall–Kier alpha value is -2.77. The molecule has 4 nitrogen and oxygen atoms in total. The summed E-state index contributed by atoms with van der Waals surface area (Å²) in [6.07, 6.45) is 0. The van der Waals surface area contributed by atoms with Crippen LogP contribution in [0.5, 0.6) is 0 Å². The Balaban J connectivity index is 3.21. The molecule has 0 spiro atoms. The van der Waals surface area contributed by atoms with Crippen molar-refractivity contribution in [3.05, 3.63) is 40.6 Å². The molecule has 0 fully saturated rings. The fraction of sp³-hybridized carbons (Fsp3) is 0.154. The van der Waals surface area contributed by atoms with Crippen molar-refractivity contribution < 1.29 is 0 Å². The molecule has 0 aliphatic rings. The SMILES string of the molecule is Cc1cccc(NC(C#N)=C(C#N)C#N)c1C. The summed E-state index contributed by atoms with van der Waals surface area (Å²) in [6, 6.07) is 10.8. The zero-order valence-electron chi connectivity index (χ0n) is 9.57. The van der Waals surface area contributed by atoms with Gasteiger partial charge >= 0.3 is 0 Å². The maximum atomic E-state index is 8.91. The van der Waals surface area contributed by atoms with Crippen LogP contribution in [0.25, 0.3) is 0 Å². The second kappa shape index (κ2) is 5.35. The van der Waals surface area contributed by atoms with Crippen LogP contribution in [-0.2, 0) is 0 Å². The lowest BCUT2D eigenvalue weighted by molar-refractivity contribution is 1.30. The highest BCUT2D eigenvalue weighted by Gasteiger charge is 2.08. The third-order valence-corrected chi connectivity index (χ3v) is 2.45. The summed E-state index contributed by atoms with van der Waals surface area (Å²) in [5.41, 5.74) is 2.54. The number of nitriles is 3. The highest BCUT2D eigenvalue weighted by molar-refractivity contribution is 5.62. The van der Waals surface area contributed by atoms with Crippen molar-refractivity contribution in [2.75, 3.05) is 5.32 Å². The van der Waals surface area contributed by atoms with E-state index in [1.54, 1.807) is 18.2 Å². The van der Waals surface area contributed by atoms with Gasteiger partial charge in [-0.2, -0.15) is 15.8 Å². The Bertz CT molecular complexity index is 575. The summed E-state index contributed by atoms with van der Waals surface area (Å²) in [6.45, 7) is 3.86. The standard InChI is InChI=1S/C13H10N4/c1-9-4-3-5-12(10(9)2)17-13(8-16)11(6-14)7-15/h3-5,17H,1-2H3. The molecule has 82 valence electrons. The first-order valence-corrected chi connectivity index (χ1v) is 4.91. The Labute approximate surface area is 100 Å². The van der Waals surface area contributed by atoms with Crippen molar-refractivity contribution in [2.24, 2.45) is 0 Å². The average Bonchev–Trinajstić information content (AvgIpc) is 2.34. The maximum Gasteiger partial charge on any atom is 0.163 e. The molecule has 0 saturated carbocycles. The molecule has 0 radical (unpaired) electrons. The smallest absolute Gasteiger partial charge is 0.163 e. The number of rotatable bonds is 2. The van der Waals surface area contributed by atoms with Crippen LogP contribution in [0.15, 0.2) is 29.5 Å². The lowest BCUT2D eigenvalue weighted by Gasteiger charge is -2.09. The maximum absolute atomic E-state index is 8.91. The van der Waals surface area contributed by atoms with Crippen molar-refractivity contribution >= 4 is 5.69 Å². The summed E-state index contributed by atoms with van der Waals surface area (Å²) < 4.78 is 0. The van der Waals surface area contributed by atoms with E-state index in [9.17, 15) is 0 Å².